The molecule has 170 valence electrons. The maximum Gasteiger partial charge on any atom is 0.330 e. The van der Waals surface area contributed by atoms with Gasteiger partial charge in [-0.05, 0) is 60.4 Å². The molecule has 0 saturated carbocycles. The molecule has 33 heavy (non-hydrogen) atoms. The number of urea groups is 1. The fraction of sp³-hybridized carbons (Fsp3) is 0.250. The molecule has 2 aromatic carbocycles. The second kappa shape index (κ2) is 8.57. The summed E-state index contributed by atoms with van der Waals surface area (Å²) < 4.78 is 28.7. The number of aryl methyl sites for hydroxylation is 1. The van der Waals surface area contributed by atoms with Crippen molar-refractivity contribution in [3.05, 3.63) is 70.8 Å². The first-order valence-corrected chi connectivity index (χ1v) is 10.4. The van der Waals surface area contributed by atoms with Crippen LogP contribution in [-0.2, 0) is 0 Å². The Morgan fingerprint density at radius 1 is 1.30 bits per heavy atom. The molecule has 0 aliphatic carbocycles. The number of nitrogens with zero attached hydrogens (tertiary/aromatic N) is 5. The zero-order valence-corrected chi connectivity index (χ0v) is 18.9. The number of nitrogens with one attached hydrogen (secondary N) is 1. The molecule has 1 fully saturated rings. The number of hydrogen-bond donors (Lipinski definition) is 1. The van der Waals surface area contributed by atoms with Crippen molar-refractivity contribution in [3.8, 4) is 0 Å². The summed E-state index contributed by atoms with van der Waals surface area (Å²) in [5, 5.41) is 2.79. The number of aliphatic imine (C=N–C) groups is 3. The number of halogens is 2. The van der Waals surface area contributed by atoms with Crippen molar-refractivity contribution in [2.75, 3.05) is 20.6 Å². The van der Waals surface area contributed by atoms with Crippen molar-refractivity contribution in [2.45, 2.75) is 19.9 Å². The zero-order valence-electron chi connectivity index (χ0n) is 18.9. The minimum absolute atomic E-state index is 0.107. The van der Waals surface area contributed by atoms with Crippen LogP contribution in [0, 0.1) is 18.6 Å². The highest BCUT2D eigenvalue weighted by Crippen LogP contribution is 2.33. The molecule has 0 spiro atoms. The molecule has 4 rings (SSSR count). The number of carbonyl (C=O) groups is 1. The molecule has 2 amide bonds. The van der Waals surface area contributed by atoms with Gasteiger partial charge in [0, 0.05) is 25.9 Å². The molecule has 2 aliphatic heterocycles. The zero-order chi connectivity index (χ0) is 23.9. The van der Waals surface area contributed by atoms with Gasteiger partial charge in [0.2, 0.25) is 11.9 Å². The predicted molar refractivity (Wildman–Crippen MR) is 126 cm³/mol. The van der Waals surface area contributed by atoms with Gasteiger partial charge < -0.3 is 0 Å². The van der Waals surface area contributed by atoms with E-state index in [4.69, 9.17) is 4.99 Å². The van der Waals surface area contributed by atoms with E-state index in [1.165, 1.54) is 4.90 Å². The number of rotatable bonds is 4. The van der Waals surface area contributed by atoms with E-state index in [9.17, 15) is 13.6 Å². The van der Waals surface area contributed by atoms with Gasteiger partial charge in [-0.15, -0.1) is 0 Å². The molecule has 1 saturated heterocycles. The van der Waals surface area contributed by atoms with E-state index in [-0.39, 0.29) is 24.1 Å². The maximum atomic E-state index is 14.4. The molecule has 0 bridgehead atoms. The summed E-state index contributed by atoms with van der Waals surface area (Å²) in [7, 11) is 3.29. The molecular weight excluding hydrogens is 426 g/mol. The third kappa shape index (κ3) is 4.02. The standard InChI is InChI=1S/C24H24F2N6O/c1-13(2)17-9-16(10-18(25)21(17)26)20-12-28-23-31(5)24(33)30-22(32(20)23)29-19-7-6-15(11-27-4)8-14(19)3/h6-11,20H,1,12H2,2-5H3,(H,29,30,33). The van der Waals surface area contributed by atoms with Gasteiger partial charge in [-0.2, -0.15) is 0 Å². The van der Waals surface area contributed by atoms with E-state index in [1.54, 1.807) is 38.2 Å². The van der Waals surface area contributed by atoms with E-state index in [0.29, 0.717) is 22.8 Å². The molecule has 2 heterocycles. The van der Waals surface area contributed by atoms with Crippen LogP contribution < -0.4 is 5.32 Å². The first-order valence-electron chi connectivity index (χ1n) is 10.4. The second-order valence-electron chi connectivity index (χ2n) is 8.03. The molecule has 9 heteroatoms. The summed E-state index contributed by atoms with van der Waals surface area (Å²) in [5.41, 5.74) is 3.50. The van der Waals surface area contributed by atoms with Crippen LogP contribution in [0.5, 0.6) is 0 Å². The van der Waals surface area contributed by atoms with Crippen molar-refractivity contribution < 1.29 is 13.6 Å². The predicted octanol–water partition coefficient (Wildman–Crippen LogP) is 4.41. The topological polar surface area (TPSA) is 72.7 Å². The van der Waals surface area contributed by atoms with Crippen LogP contribution in [0.1, 0.15) is 35.2 Å². The van der Waals surface area contributed by atoms with Crippen LogP contribution in [0.4, 0.5) is 19.3 Å². The lowest BCUT2D eigenvalue weighted by molar-refractivity contribution is 0.222. The van der Waals surface area contributed by atoms with Crippen LogP contribution in [0.3, 0.4) is 0 Å². The van der Waals surface area contributed by atoms with Crippen molar-refractivity contribution >= 4 is 35.4 Å². The fourth-order valence-corrected chi connectivity index (χ4v) is 3.90. The second-order valence-corrected chi connectivity index (χ2v) is 8.03. The lowest BCUT2D eigenvalue weighted by atomic mass is 9.99. The molecule has 0 radical (unpaired) electrons. The lowest BCUT2D eigenvalue weighted by Crippen LogP contribution is -2.61. The first kappa shape index (κ1) is 22.3. The summed E-state index contributed by atoms with van der Waals surface area (Å²) in [6.45, 7) is 7.53. The van der Waals surface area contributed by atoms with Gasteiger partial charge >= 0.3 is 6.03 Å². The van der Waals surface area contributed by atoms with E-state index in [2.05, 4.69) is 21.9 Å². The van der Waals surface area contributed by atoms with E-state index in [1.807, 2.05) is 25.1 Å². The Kier molecular flexibility index (Phi) is 5.80. The largest absolute Gasteiger partial charge is 0.330 e. The Balaban J connectivity index is 1.79. The van der Waals surface area contributed by atoms with Crippen molar-refractivity contribution in [1.82, 2.24) is 15.1 Å². The van der Waals surface area contributed by atoms with Crippen LogP contribution >= 0.6 is 0 Å². The lowest BCUT2D eigenvalue weighted by Gasteiger charge is -2.37. The smallest absolute Gasteiger partial charge is 0.296 e. The van der Waals surface area contributed by atoms with Crippen molar-refractivity contribution in [2.24, 2.45) is 15.0 Å². The highest BCUT2D eigenvalue weighted by atomic mass is 19.2. The van der Waals surface area contributed by atoms with Crippen LogP contribution in [-0.4, -0.2) is 54.6 Å². The highest BCUT2D eigenvalue weighted by Gasteiger charge is 2.41. The van der Waals surface area contributed by atoms with Gasteiger partial charge in [0.25, 0.3) is 0 Å². The molecule has 7 nitrogen and oxygen atoms in total. The van der Waals surface area contributed by atoms with Crippen molar-refractivity contribution in [3.63, 3.8) is 0 Å². The summed E-state index contributed by atoms with van der Waals surface area (Å²) in [5.74, 6) is -1.25. The van der Waals surface area contributed by atoms with Gasteiger partial charge in [0.05, 0.1) is 18.3 Å². The molecule has 1 unspecified atom stereocenters. The monoisotopic (exact) mass is 450 g/mol. The minimum Gasteiger partial charge on any atom is -0.296 e. The molecule has 2 aromatic rings. The van der Waals surface area contributed by atoms with Crippen LogP contribution in [0.15, 0.2) is 51.9 Å². The molecule has 1 N–H and O–H groups in total. The first-order chi connectivity index (χ1) is 15.7. The number of amides is 2. The van der Waals surface area contributed by atoms with Gasteiger partial charge in [-0.3, -0.25) is 20.1 Å². The number of fused-ring (bicyclic) bond motifs is 1. The number of allylic oxidation sites excluding steroid dienone is 1. The SMILES string of the molecule is C=C(C)c1cc(C2CN=C3N(C)C(=O)NC(=Nc4ccc(C=NC)cc4C)N32)cc(F)c1F. The molecule has 1 atom stereocenters. The maximum absolute atomic E-state index is 14.4. The number of benzene rings is 2. The average Bonchev–Trinajstić information content (AvgIpc) is 3.21. The normalized spacial score (nSPS) is 19.2. The molecular formula is C24H24F2N6O. The van der Waals surface area contributed by atoms with Gasteiger partial charge in [0.15, 0.2) is 11.6 Å². The number of hydrogen-bond acceptors (Lipinski definition) is 4. The fourth-order valence-electron chi connectivity index (χ4n) is 3.90. The van der Waals surface area contributed by atoms with Gasteiger partial charge in [0.1, 0.15) is 0 Å². The third-order valence-electron chi connectivity index (χ3n) is 5.60. The summed E-state index contributed by atoms with van der Waals surface area (Å²) in [6.07, 6.45) is 1.74. The third-order valence-corrected chi connectivity index (χ3v) is 5.60. The van der Waals surface area contributed by atoms with Gasteiger partial charge in [-0.25, -0.2) is 23.6 Å². The van der Waals surface area contributed by atoms with Crippen molar-refractivity contribution in [1.29, 1.82) is 0 Å². The molecule has 0 aromatic heterocycles. The average molecular weight is 450 g/mol. The number of guanidine groups is 2. The quantitative estimate of drug-likeness (QED) is 0.701. The number of carbonyl (C=O) groups excluding carboxylic acids is 1. The minimum atomic E-state index is -0.962. The van der Waals surface area contributed by atoms with E-state index < -0.39 is 17.7 Å². The summed E-state index contributed by atoms with van der Waals surface area (Å²) >= 11 is 0. The van der Waals surface area contributed by atoms with E-state index in [0.717, 1.165) is 17.2 Å². The summed E-state index contributed by atoms with van der Waals surface area (Å²) in [6, 6.07) is 7.51. The highest BCUT2D eigenvalue weighted by molar-refractivity contribution is 6.16. The van der Waals surface area contributed by atoms with Gasteiger partial charge in [-0.1, -0.05) is 12.6 Å². The van der Waals surface area contributed by atoms with Crippen LogP contribution in [0.2, 0.25) is 0 Å². The Labute approximate surface area is 190 Å². The van der Waals surface area contributed by atoms with E-state index >= 15 is 0 Å². The summed E-state index contributed by atoms with van der Waals surface area (Å²) in [4.78, 5) is 28.8. The van der Waals surface area contributed by atoms with Crippen LogP contribution in [0.25, 0.3) is 5.57 Å². The Bertz CT molecular complexity index is 1250. The Morgan fingerprint density at radius 2 is 2.06 bits per heavy atom. The molecule has 2 aliphatic rings. The Morgan fingerprint density at radius 3 is 2.73 bits per heavy atom. The Hall–Kier alpha value is -3.88.